The molecular formula is C8H5N2O4S-. The first-order valence-electron chi connectivity index (χ1n) is 3.93. The van der Waals surface area contributed by atoms with Gasteiger partial charge in [0, 0.05) is 4.90 Å². The molecule has 1 atom stereocenters. The zero-order chi connectivity index (χ0) is 11.0. The zero-order valence-electron chi connectivity index (χ0n) is 7.27. The van der Waals surface area contributed by atoms with E-state index < -0.39 is 22.2 Å². The van der Waals surface area contributed by atoms with Crippen LogP contribution in [0.4, 0.5) is 0 Å². The number of benzene rings is 1. The van der Waals surface area contributed by atoms with Gasteiger partial charge in [-0.3, -0.25) is 13.8 Å². The highest BCUT2D eigenvalue weighted by Crippen LogP contribution is 2.11. The number of hydrogen-bond acceptors (Lipinski definition) is 4. The van der Waals surface area contributed by atoms with Crippen molar-refractivity contribution in [2.75, 3.05) is 0 Å². The first kappa shape index (κ1) is 9.81. The summed E-state index contributed by atoms with van der Waals surface area (Å²) in [6.07, 6.45) is 0. The molecule has 2 N–H and O–H groups in total. The van der Waals surface area contributed by atoms with Crippen LogP contribution in [0.2, 0.25) is 0 Å². The minimum atomic E-state index is -2.36. The highest BCUT2D eigenvalue weighted by Gasteiger charge is 2.00. The first-order chi connectivity index (χ1) is 7.08. The molecule has 0 spiro atoms. The lowest BCUT2D eigenvalue weighted by Crippen LogP contribution is -2.28. The van der Waals surface area contributed by atoms with Crippen molar-refractivity contribution in [3.63, 3.8) is 0 Å². The number of aromatic nitrogens is 2. The Morgan fingerprint density at radius 1 is 1.07 bits per heavy atom. The third-order valence-corrected chi connectivity index (χ3v) is 2.52. The fraction of sp³-hybridized carbons (Fsp3) is 0. The Bertz CT molecular complexity index is 657. The molecule has 1 heterocycles. The molecule has 1 unspecified atom stereocenters. The number of nitrogens with one attached hydrogen (secondary N) is 2. The fourth-order valence-corrected chi connectivity index (χ4v) is 1.59. The van der Waals surface area contributed by atoms with Gasteiger partial charge in [0.25, 0.3) is 0 Å². The lowest BCUT2D eigenvalue weighted by Gasteiger charge is -2.05. The van der Waals surface area contributed by atoms with Gasteiger partial charge in [0.15, 0.2) is 0 Å². The Balaban J connectivity index is 2.83. The van der Waals surface area contributed by atoms with Crippen molar-refractivity contribution in [1.29, 1.82) is 0 Å². The van der Waals surface area contributed by atoms with Crippen molar-refractivity contribution in [2.45, 2.75) is 4.90 Å². The van der Waals surface area contributed by atoms with E-state index in [0.717, 1.165) is 0 Å². The van der Waals surface area contributed by atoms with E-state index in [9.17, 15) is 18.4 Å². The molecule has 1 aromatic heterocycles. The van der Waals surface area contributed by atoms with E-state index in [1.165, 1.54) is 18.2 Å². The number of H-pyrrole nitrogens is 2. The number of aromatic amines is 2. The summed E-state index contributed by atoms with van der Waals surface area (Å²) < 4.78 is 21.3. The van der Waals surface area contributed by atoms with Gasteiger partial charge in [0.05, 0.1) is 11.0 Å². The molecular weight excluding hydrogens is 220 g/mol. The van der Waals surface area contributed by atoms with E-state index in [1.807, 2.05) is 0 Å². The Kier molecular flexibility index (Phi) is 2.25. The maximum atomic E-state index is 11.0. The molecule has 0 fully saturated rings. The van der Waals surface area contributed by atoms with Gasteiger partial charge < -0.3 is 14.5 Å². The normalized spacial score (nSPS) is 12.9. The average Bonchev–Trinajstić information content (AvgIpc) is 2.19. The second kappa shape index (κ2) is 3.44. The SMILES string of the molecule is O=c1[nH]c2ccc(S(=O)[O-])cc2[nH]c1=O. The summed E-state index contributed by atoms with van der Waals surface area (Å²) in [6.45, 7) is 0. The maximum Gasteiger partial charge on any atom is 0.314 e. The summed E-state index contributed by atoms with van der Waals surface area (Å²) >= 11 is -2.36. The molecule has 15 heavy (non-hydrogen) atoms. The van der Waals surface area contributed by atoms with Gasteiger partial charge in [-0.05, 0) is 29.3 Å². The van der Waals surface area contributed by atoms with Crippen LogP contribution in [0.25, 0.3) is 11.0 Å². The van der Waals surface area contributed by atoms with Crippen LogP contribution in [0.15, 0.2) is 32.7 Å². The first-order valence-corrected chi connectivity index (χ1v) is 5.01. The molecule has 0 amide bonds. The lowest BCUT2D eigenvalue weighted by atomic mass is 10.3. The Labute approximate surface area is 85.3 Å². The largest absolute Gasteiger partial charge is 0.768 e. The zero-order valence-corrected chi connectivity index (χ0v) is 8.09. The minimum absolute atomic E-state index is 0.0465. The predicted octanol–water partition coefficient (Wildman–Crippen LogP) is -0.546. The Hall–Kier alpha value is -1.73. The molecule has 0 aliphatic carbocycles. The van der Waals surface area contributed by atoms with Crippen LogP contribution in [0.1, 0.15) is 0 Å². The molecule has 6 nitrogen and oxygen atoms in total. The van der Waals surface area contributed by atoms with Crippen LogP contribution in [0.5, 0.6) is 0 Å². The van der Waals surface area contributed by atoms with Crippen molar-refractivity contribution < 1.29 is 8.76 Å². The summed E-state index contributed by atoms with van der Waals surface area (Å²) in [5, 5.41) is 0. The van der Waals surface area contributed by atoms with Crippen molar-refractivity contribution in [1.82, 2.24) is 9.97 Å². The molecule has 0 saturated carbocycles. The molecule has 0 saturated heterocycles. The molecule has 0 aliphatic heterocycles. The van der Waals surface area contributed by atoms with Crippen molar-refractivity contribution in [2.24, 2.45) is 0 Å². The quantitative estimate of drug-likeness (QED) is 0.501. The van der Waals surface area contributed by atoms with Gasteiger partial charge in [0.2, 0.25) is 0 Å². The van der Waals surface area contributed by atoms with Crippen LogP contribution in [-0.4, -0.2) is 18.7 Å². The molecule has 0 aliphatic rings. The molecule has 2 aromatic rings. The van der Waals surface area contributed by atoms with Gasteiger partial charge in [-0.2, -0.15) is 0 Å². The summed E-state index contributed by atoms with van der Waals surface area (Å²) in [7, 11) is 0. The van der Waals surface area contributed by atoms with Crippen LogP contribution >= 0.6 is 0 Å². The van der Waals surface area contributed by atoms with E-state index in [4.69, 9.17) is 0 Å². The number of rotatable bonds is 1. The Morgan fingerprint density at radius 3 is 2.27 bits per heavy atom. The molecule has 0 radical (unpaired) electrons. The lowest BCUT2D eigenvalue weighted by molar-refractivity contribution is 0.537. The second-order valence-electron chi connectivity index (χ2n) is 2.85. The second-order valence-corrected chi connectivity index (χ2v) is 3.79. The van der Waals surface area contributed by atoms with Gasteiger partial charge in [-0.15, -0.1) is 0 Å². The van der Waals surface area contributed by atoms with Crippen molar-refractivity contribution in [3.8, 4) is 0 Å². The fourth-order valence-electron chi connectivity index (χ4n) is 1.20. The van der Waals surface area contributed by atoms with Gasteiger partial charge in [-0.1, -0.05) is 0 Å². The van der Waals surface area contributed by atoms with Crippen molar-refractivity contribution in [3.05, 3.63) is 38.9 Å². The van der Waals surface area contributed by atoms with Gasteiger partial charge in [0.1, 0.15) is 0 Å². The smallest absolute Gasteiger partial charge is 0.314 e. The third-order valence-electron chi connectivity index (χ3n) is 1.89. The standard InChI is InChI=1S/C8H6N2O4S/c11-7-8(12)10-6-3-4(15(13)14)1-2-5(6)9-7/h1-3H,(H,9,11)(H,10,12)(H,13,14)/p-1. The van der Waals surface area contributed by atoms with E-state index in [0.29, 0.717) is 5.52 Å². The highest BCUT2D eigenvalue weighted by atomic mass is 32.2. The highest BCUT2D eigenvalue weighted by molar-refractivity contribution is 7.79. The maximum absolute atomic E-state index is 11.0. The van der Waals surface area contributed by atoms with Crippen molar-refractivity contribution >= 4 is 22.1 Å². The predicted molar refractivity (Wildman–Crippen MR) is 52.4 cm³/mol. The van der Waals surface area contributed by atoms with E-state index in [1.54, 1.807) is 0 Å². The summed E-state index contributed by atoms with van der Waals surface area (Å²) in [4.78, 5) is 26.5. The summed E-state index contributed by atoms with van der Waals surface area (Å²) in [5.41, 5.74) is -0.912. The van der Waals surface area contributed by atoms with E-state index in [-0.39, 0.29) is 10.4 Å². The molecule has 78 valence electrons. The number of hydrogen-bond donors (Lipinski definition) is 2. The number of fused-ring (bicyclic) bond motifs is 1. The molecule has 0 bridgehead atoms. The van der Waals surface area contributed by atoms with Crippen LogP contribution < -0.4 is 11.1 Å². The van der Waals surface area contributed by atoms with Crippen LogP contribution in [0, 0.1) is 0 Å². The van der Waals surface area contributed by atoms with Gasteiger partial charge in [-0.25, -0.2) is 0 Å². The van der Waals surface area contributed by atoms with Crippen LogP contribution in [-0.2, 0) is 11.1 Å². The third kappa shape index (κ3) is 1.74. The van der Waals surface area contributed by atoms with Gasteiger partial charge >= 0.3 is 11.1 Å². The topological polar surface area (TPSA) is 106 Å². The van der Waals surface area contributed by atoms with E-state index >= 15 is 0 Å². The monoisotopic (exact) mass is 225 g/mol. The molecule has 7 heteroatoms. The average molecular weight is 225 g/mol. The molecule has 2 rings (SSSR count). The minimum Gasteiger partial charge on any atom is -0.768 e. The molecule has 1 aromatic carbocycles. The van der Waals surface area contributed by atoms with E-state index in [2.05, 4.69) is 9.97 Å². The summed E-state index contributed by atoms with van der Waals surface area (Å²) in [6, 6.07) is 4.02. The van der Waals surface area contributed by atoms with Crippen LogP contribution in [0.3, 0.4) is 0 Å². The summed E-state index contributed by atoms with van der Waals surface area (Å²) in [5.74, 6) is 0. The Morgan fingerprint density at radius 2 is 1.67 bits per heavy atom.